The van der Waals surface area contributed by atoms with Gasteiger partial charge in [0.25, 0.3) is 0 Å². The van der Waals surface area contributed by atoms with Crippen molar-refractivity contribution in [3.63, 3.8) is 0 Å². The molecule has 0 unspecified atom stereocenters. The van der Waals surface area contributed by atoms with Crippen LogP contribution >= 0.6 is 0 Å². The van der Waals surface area contributed by atoms with Crippen LogP contribution in [0.5, 0.6) is 0 Å². The number of benzene rings is 1. The fourth-order valence-electron chi connectivity index (χ4n) is 3.54. The van der Waals surface area contributed by atoms with Gasteiger partial charge in [0, 0.05) is 37.3 Å². The molecule has 1 N–H and O–H groups in total. The van der Waals surface area contributed by atoms with Crippen molar-refractivity contribution >= 4 is 0 Å². The fourth-order valence-corrected chi connectivity index (χ4v) is 3.54. The molecule has 1 saturated heterocycles. The molecule has 0 radical (unpaired) electrons. The van der Waals surface area contributed by atoms with Gasteiger partial charge in [0.2, 0.25) is 0 Å². The molecular formula is C19H23F3N2O2. The minimum Gasteiger partial charge on any atom is -0.381 e. The van der Waals surface area contributed by atoms with Gasteiger partial charge in [-0.2, -0.15) is 13.2 Å². The Hall–Kier alpha value is -1.86. The van der Waals surface area contributed by atoms with Gasteiger partial charge in [-0.15, -0.1) is 0 Å². The zero-order chi connectivity index (χ0) is 18.8. The van der Waals surface area contributed by atoms with Crippen LogP contribution in [-0.4, -0.2) is 24.9 Å². The molecule has 1 aliphatic rings. The smallest absolute Gasteiger partial charge is 0.381 e. The van der Waals surface area contributed by atoms with Crippen molar-refractivity contribution < 1.29 is 22.4 Å². The Labute approximate surface area is 150 Å². The van der Waals surface area contributed by atoms with Crippen LogP contribution < -0.4 is 5.32 Å². The lowest BCUT2D eigenvalue weighted by Gasteiger charge is -2.38. The van der Waals surface area contributed by atoms with Crippen molar-refractivity contribution in [2.75, 3.05) is 19.8 Å². The zero-order valence-corrected chi connectivity index (χ0v) is 14.9. The first-order valence-corrected chi connectivity index (χ1v) is 8.70. The van der Waals surface area contributed by atoms with Crippen molar-refractivity contribution in [1.82, 2.24) is 10.5 Å². The normalized spacial score (nSPS) is 17.4. The summed E-state index contributed by atoms with van der Waals surface area (Å²) in [7, 11) is 0. The Morgan fingerprint density at radius 1 is 1.19 bits per heavy atom. The standard InChI is InChI=1S/C19H23F3N2O2/c1-13-17(14(2)26-24-13)11-23-12-18(6-8-25-9-7-18)15-4-3-5-16(10-15)19(20,21)22/h3-5,10,23H,6-9,11-12H2,1-2H3. The van der Waals surface area contributed by atoms with Crippen molar-refractivity contribution in [2.24, 2.45) is 0 Å². The van der Waals surface area contributed by atoms with Crippen LogP contribution in [0, 0.1) is 13.8 Å². The molecule has 4 nitrogen and oxygen atoms in total. The summed E-state index contributed by atoms with van der Waals surface area (Å²) in [5.74, 6) is 0.759. The third-order valence-corrected chi connectivity index (χ3v) is 5.20. The predicted octanol–water partition coefficient (Wildman–Crippen LogP) is 4.15. The highest BCUT2D eigenvalue weighted by Crippen LogP contribution is 2.38. The second-order valence-corrected chi connectivity index (χ2v) is 6.88. The van der Waals surface area contributed by atoms with Gasteiger partial charge < -0.3 is 14.6 Å². The van der Waals surface area contributed by atoms with Crippen LogP contribution in [0.25, 0.3) is 0 Å². The molecule has 7 heteroatoms. The summed E-state index contributed by atoms with van der Waals surface area (Å²) in [6.07, 6.45) is -2.97. The lowest BCUT2D eigenvalue weighted by molar-refractivity contribution is -0.137. The van der Waals surface area contributed by atoms with E-state index in [-0.39, 0.29) is 5.41 Å². The van der Waals surface area contributed by atoms with Gasteiger partial charge in [0.15, 0.2) is 0 Å². The number of nitrogens with zero attached hydrogens (tertiary/aromatic N) is 1. The Morgan fingerprint density at radius 2 is 1.92 bits per heavy atom. The van der Waals surface area contributed by atoms with E-state index < -0.39 is 11.7 Å². The highest BCUT2D eigenvalue weighted by molar-refractivity contribution is 5.33. The summed E-state index contributed by atoms with van der Waals surface area (Å²) in [6, 6.07) is 5.68. The number of halogens is 3. The molecular weight excluding hydrogens is 345 g/mol. The van der Waals surface area contributed by atoms with E-state index in [0.717, 1.165) is 23.1 Å². The second-order valence-electron chi connectivity index (χ2n) is 6.88. The Bertz CT molecular complexity index is 730. The maximum atomic E-state index is 13.1. The SMILES string of the molecule is Cc1noc(C)c1CNCC1(c2cccc(C(F)(F)F)c2)CCOCC1. The molecule has 0 atom stereocenters. The monoisotopic (exact) mass is 368 g/mol. The number of alkyl halides is 3. The summed E-state index contributed by atoms with van der Waals surface area (Å²) in [5.41, 5.74) is 1.55. The second kappa shape index (κ2) is 7.40. The molecule has 0 aliphatic carbocycles. The molecule has 3 rings (SSSR count). The first kappa shape index (κ1) is 18.9. The van der Waals surface area contributed by atoms with Gasteiger partial charge in [0.05, 0.1) is 11.3 Å². The topological polar surface area (TPSA) is 47.3 Å². The molecule has 1 aromatic heterocycles. The van der Waals surface area contributed by atoms with Crippen molar-refractivity contribution in [1.29, 1.82) is 0 Å². The van der Waals surface area contributed by atoms with Crippen LogP contribution in [-0.2, 0) is 22.9 Å². The van der Waals surface area contributed by atoms with E-state index in [1.807, 2.05) is 13.8 Å². The molecule has 1 aromatic carbocycles. The maximum Gasteiger partial charge on any atom is 0.416 e. The van der Waals surface area contributed by atoms with E-state index >= 15 is 0 Å². The molecule has 0 bridgehead atoms. The summed E-state index contributed by atoms with van der Waals surface area (Å²) < 4.78 is 50.0. The third-order valence-electron chi connectivity index (χ3n) is 5.20. The number of aromatic nitrogens is 1. The van der Waals surface area contributed by atoms with E-state index in [2.05, 4.69) is 10.5 Å². The Morgan fingerprint density at radius 3 is 2.54 bits per heavy atom. The van der Waals surface area contributed by atoms with E-state index in [9.17, 15) is 13.2 Å². The van der Waals surface area contributed by atoms with E-state index in [1.165, 1.54) is 12.1 Å². The van der Waals surface area contributed by atoms with Crippen LogP contribution in [0.15, 0.2) is 28.8 Å². The largest absolute Gasteiger partial charge is 0.416 e. The minimum atomic E-state index is -4.34. The lowest BCUT2D eigenvalue weighted by Crippen LogP contribution is -2.42. The number of rotatable bonds is 5. The molecule has 0 spiro atoms. The first-order valence-electron chi connectivity index (χ1n) is 8.70. The van der Waals surface area contributed by atoms with E-state index in [4.69, 9.17) is 9.26 Å². The number of hydrogen-bond donors (Lipinski definition) is 1. The van der Waals surface area contributed by atoms with Gasteiger partial charge in [-0.3, -0.25) is 0 Å². The summed E-state index contributed by atoms with van der Waals surface area (Å²) in [4.78, 5) is 0. The number of hydrogen-bond acceptors (Lipinski definition) is 4. The number of nitrogens with one attached hydrogen (secondary N) is 1. The Kier molecular flexibility index (Phi) is 5.39. The Balaban J connectivity index is 1.81. The molecule has 1 aliphatic heterocycles. The first-order chi connectivity index (χ1) is 12.3. The molecule has 142 valence electrons. The van der Waals surface area contributed by atoms with E-state index in [0.29, 0.717) is 44.7 Å². The van der Waals surface area contributed by atoms with Gasteiger partial charge in [-0.05, 0) is 38.3 Å². The number of ether oxygens (including phenoxy) is 1. The van der Waals surface area contributed by atoms with Crippen LogP contribution in [0.2, 0.25) is 0 Å². The molecule has 26 heavy (non-hydrogen) atoms. The molecule has 0 amide bonds. The number of aryl methyl sites for hydroxylation is 2. The fraction of sp³-hybridized carbons (Fsp3) is 0.526. The molecule has 2 aromatic rings. The van der Waals surface area contributed by atoms with Crippen molar-refractivity contribution in [2.45, 2.75) is 44.8 Å². The van der Waals surface area contributed by atoms with Crippen LogP contribution in [0.1, 0.15) is 41.0 Å². The van der Waals surface area contributed by atoms with E-state index in [1.54, 1.807) is 6.07 Å². The lowest BCUT2D eigenvalue weighted by atomic mass is 9.73. The van der Waals surface area contributed by atoms with Crippen LogP contribution in [0.3, 0.4) is 0 Å². The zero-order valence-electron chi connectivity index (χ0n) is 14.9. The maximum absolute atomic E-state index is 13.1. The summed E-state index contributed by atoms with van der Waals surface area (Å²) >= 11 is 0. The summed E-state index contributed by atoms with van der Waals surface area (Å²) in [5, 5.41) is 7.34. The van der Waals surface area contributed by atoms with Crippen molar-refractivity contribution in [3.05, 3.63) is 52.4 Å². The quantitative estimate of drug-likeness (QED) is 0.861. The predicted molar refractivity (Wildman–Crippen MR) is 90.9 cm³/mol. The van der Waals surface area contributed by atoms with Gasteiger partial charge in [-0.1, -0.05) is 23.4 Å². The minimum absolute atomic E-state index is 0.377. The van der Waals surface area contributed by atoms with Gasteiger partial charge in [-0.25, -0.2) is 0 Å². The molecule has 2 heterocycles. The van der Waals surface area contributed by atoms with Crippen molar-refractivity contribution in [3.8, 4) is 0 Å². The third kappa shape index (κ3) is 3.94. The van der Waals surface area contributed by atoms with Crippen LogP contribution in [0.4, 0.5) is 13.2 Å². The average Bonchev–Trinajstić information content (AvgIpc) is 2.94. The summed E-state index contributed by atoms with van der Waals surface area (Å²) in [6.45, 7) is 5.97. The van der Waals surface area contributed by atoms with Gasteiger partial charge >= 0.3 is 6.18 Å². The van der Waals surface area contributed by atoms with Gasteiger partial charge in [0.1, 0.15) is 5.76 Å². The highest BCUT2D eigenvalue weighted by atomic mass is 19.4. The molecule has 1 fully saturated rings. The highest BCUT2D eigenvalue weighted by Gasteiger charge is 2.37. The average molecular weight is 368 g/mol. The molecule has 0 saturated carbocycles.